The fourth-order valence-electron chi connectivity index (χ4n) is 1.32. The molecule has 0 spiro atoms. The van der Waals surface area contributed by atoms with Gasteiger partial charge in [-0.05, 0) is 12.8 Å². The van der Waals surface area contributed by atoms with Gasteiger partial charge in [0.2, 0.25) is 0 Å². The molecule has 2 N–H and O–H groups in total. The molecule has 106 valence electrons. The van der Waals surface area contributed by atoms with Crippen LogP contribution in [0.2, 0.25) is 0 Å². The number of nitrogens with one attached hydrogen (secondary N) is 2. The third-order valence-electron chi connectivity index (χ3n) is 2.31. The summed E-state index contributed by atoms with van der Waals surface area (Å²) < 4.78 is 35.6. The van der Waals surface area contributed by atoms with Gasteiger partial charge < -0.3 is 10.6 Å². The Labute approximate surface area is 108 Å². The van der Waals surface area contributed by atoms with E-state index in [4.69, 9.17) is 0 Å². The van der Waals surface area contributed by atoms with Crippen LogP contribution in [0.5, 0.6) is 0 Å². The normalized spacial score (nSPS) is 11.2. The Kier molecular flexibility index (Phi) is 5.53. The minimum atomic E-state index is -4.14. The Bertz CT molecular complexity index is 405. The molecular formula is C11H15F3N4O. The molecule has 0 aromatic carbocycles. The lowest BCUT2D eigenvalue weighted by Crippen LogP contribution is -2.25. The lowest BCUT2D eigenvalue weighted by Gasteiger charge is -2.07. The molecule has 0 fully saturated rings. The third-order valence-corrected chi connectivity index (χ3v) is 2.31. The number of carbonyl (C=O) groups excluding carboxylic acids is 1. The van der Waals surface area contributed by atoms with E-state index in [1.165, 1.54) is 12.4 Å². The van der Waals surface area contributed by atoms with Gasteiger partial charge in [0, 0.05) is 20.0 Å². The third kappa shape index (κ3) is 6.03. The highest BCUT2D eigenvalue weighted by Gasteiger charge is 2.25. The molecule has 1 rings (SSSR count). The molecule has 0 aliphatic heterocycles. The molecule has 1 amide bonds. The predicted molar refractivity (Wildman–Crippen MR) is 63.8 cm³/mol. The fourth-order valence-corrected chi connectivity index (χ4v) is 1.32. The molecule has 0 atom stereocenters. The molecule has 1 heterocycles. The molecule has 1 aromatic rings. The SMILES string of the molecule is CNc1cnc(C(=O)NCCCCC(F)(F)F)cn1. The van der Waals surface area contributed by atoms with Gasteiger partial charge in [-0.25, -0.2) is 9.97 Å². The number of halogens is 3. The zero-order valence-electron chi connectivity index (χ0n) is 10.4. The Balaban J connectivity index is 2.27. The average Bonchev–Trinajstić information content (AvgIpc) is 2.37. The Morgan fingerprint density at radius 1 is 1.26 bits per heavy atom. The van der Waals surface area contributed by atoms with Crippen molar-refractivity contribution >= 4 is 11.7 Å². The van der Waals surface area contributed by atoms with E-state index in [9.17, 15) is 18.0 Å². The summed E-state index contributed by atoms with van der Waals surface area (Å²) in [6, 6.07) is 0. The van der Waals surface area contributed by atoms with E-state index < -0.39 is 18.5 Å². The molecule has 0 aliphatic carbocycles. The molecule has 0 saturated carbocycles. The first-order chi connectivity index (χ1) is 8.92. The summed E-state index contributed by atoms with van der Waals surface area (Å²) >= 11 is 0. The summed E-state index contributed by atoms with van der Waals surface area (Å²) in [7, 11) is 1.67. The van der Waals surface area contributed by atoms with Crippen LogP contribution >= 0.6 is 0 Å². The second-order valence-corrected chi connectivity index (χ2v) is 3.87. The number of alkyl halides is 3. The van der Waals surface area contributed by atoms with Gasteiger partial charge in [-0.1, -0.05) is 0 Å². The van der Waals surface area contributed by atoms with Crippen molar-refractivity contribution in [3.05, 3.63) is 18.1 Å². The number of carbonyl (C=O) groups is 1. The van der Waals surface area contributed by atoms with Gasteiger partial charge in [0.05, 0.1) is 12.4 Å². The number of rotatable bonds is 6. The average molecular weight is 276 g/mol. The number of aromatic nitrogens is 2. The maximum Gasteiger partial charge on any atom is 0.389 e. The van der Waals surface area contributed by atoms with Crippen molar-refractivity contribution in [3.63, 3.8) is 0 Å². The van der Waals surface area contributed by atoms with E-state index in [2.05, 4.69) is 20.6 Å². The number of hydrogen-bond acceptors (Lipinski definition) is 4. The summed E-state index contributed by atoms with van der Waals surface area (Å²) in [5.41, 5.74) is 0.134. The van der Waals surface area contributed by atoms with E-state index in [1.54, 1.807) is 7.05 Å². The van der Waals surface area contributed by atoms with E-state index in [0.29, 0.717) is 5.82 Å². The van der Waals surface area contributed by atoms with Crippen LogP contribution in [0, 0.1) is 0 Å². The molecule has 0 bridgehead atoms. The van der Waals surface area contributed by atoms with Crippen LogP contribution in [-0.2, 0) is 0 Å². The van der Waals surface area contributed by atoms with Crippen molar-refractivity contribution < 1.29 is 18.0 Å². The fraction of sp³-hybridized carbons (Fsp3) is 0.545. The Hall–Kier alpha value is -1.86. The number of amides is 1. The van der Waals surface area contributed by atoms with Crippen molar-refractivity contribution in [2.75, 3.05) is 18.9 Å². The molecule has 8 heteroatoms. The first-order valence-electron chi connectivity index (χ1n) is 5.77. The van der Waals surface area contributed by atoms with Gasteiger partial charge in [0.1, 0.15) is 11.5 Å². The van der Waals surface area contributed by atoms with Crippen molar-refractivity contribution in [3.8, 4) is 0 Å². The highest BCUT2D eigenvalue weighted by molar-refractivity contribution is 5.91. The lowest BCUT2D eigenvalue weighted by molar-refractivity contribution is -0.135. The molecular weight excluding hydrogens is 261 g/mol. The molecule has 0 aliphatic rings. The minimum Gasteiger partial charge on any atom is -0.372 e. The first kappa shape index (κ1) is 15.2. The number of hydrogen-bond donors (Lipinski definition) is 2. The smallest absolute Gasteiger partial charge is 0.372 e. The molecule has 1 aromatic heterocycles. The van der Waals surface area contributed by atoms with E-state index in [0.717, 1.165) is 0 Å². The number of nitrogens with zero attached hydrogens (tertiary/aromatic N) is 2. The summed E-state index contributed by atoms with van der Waals surface area (Å²) in [4.78, 5) is 19.3. The molecule has 0 unspecified atom stereocenters. The standard InChI is InChI=1S/C11H15F3N4O/c1-15-9-7-17-8(6-18-9)10(19)16-5-3-2-4-11(12,13)14/h6-7H,2-5H2,1H3,(H,15,18)(H,16,19). The summed E-state index contributed by atoms with van der Waals surface area (Å²) in [6.07, 6.45) is -2.01. The van der Waals surface area contributed by atoms with Crippen LogP contribution in [0.15, 0.2) is 12.4 Å². The van der Waals surface area contributed by atoms with E-state index in [-0.39, 0.29) is 25.1 Å². The Morgan fingerprint density at radius 3 is 2.53 bits per heavy atom. The topological polar surface area (TPSA) is 66.9 Å². The molecule has 0 saturated heterocycles. The van der Waals surface area contributed by atoms with E-state index >= 15 is 0 Å². The maximum absolute atomic E-state index is 11.9. The van der Waals surface area contributed by atoms with Crippen LogP contribution in [0.4, 0.5) is 19.0 Å². The van der Waals surface area contributed by atoms with Gasteiger partial charge in [0.25, 0.3) is 5.91 Å². The van der Waals surface area contributed by atoms with Gasteiger partial charge in [-0.3, -0.25) is 4.79 Å². The Morgan fingerprint density at radius 2 is 2.00 bits per heavy atom. The molecule has 19 heavy (non-hydrogen) atoms. The van der Waals surface area contributed by atoms with Crippen LogP contribution in [-0.4, -0.2) is 35.6 Å². The largest absolute Gasteiger partial charge is 0.389 e. The summed E-state index contributed by atoms with van der Waals surface area (Å²) in [6.45, 7) is 0.185. The van der Waals surface area contributed by atoms with Crippen LogP contribution < -0.4 is 10.6 Å². The second kappa shape index (κ2) is 6.91. The number of anilines is 1. The molecule has 0 radical (unpaired) electrons. The van der Waals surface area contributed by atoms with Crippen molar-refractivity contribution in [2.45, 2.75) is 25.4 Å². The van der Waals surface area contributed by atoms with Crippen LogP contribution in [0.3, 0.4) is 0 Å². The molecule has 5 nitrogen and oxygen atoms in total. The zero-order valence-corrected chi connectivity index (χ0v) is 10.4. The van der Waals surface area contributed by atoms with Crippen molar-refractivity contribution in [1.82, 2.24) is 15.3 Å². The summed E-state index contributed by atoms with van der Waals surface area (Å²) in [5.74, 6) is 0.0869. The monoisotopic (exact) mass is 276 g/mol. The minimum absolute atomic E-state index is 0.00580. The van der Waals surface area contributed by atoms with Crippen LogP contribution in [0.25, 0.3) is 0 Å². The lowest BCUT2D eigenvalue weighted by atomic mass is 10.2. The quantitative estimate of drug-likeness (QED) is 0.780. The zero-order chi connectivity index (χ0) is 14.3. The predicted octanol–water partition coefficient (Wildman–Crippen LogP) is 1.98. The van der Waals surface area contributed by atoms with Crippen molar-refractivity contribution in [1.29, 1.82) is 0 Å². The summed E-state index contributed by atoms with van der Waals surface area (Å²) in [5, 5.41) is 5.25. The highest BCUT2D eigenvalue weighted by Crippen LogP contribution is 2.21. The van der Waals surface area contributed by atoms with Gasteiger partial charge in [0.15, 0.2) is 0 Å². The van der Waals surface area contributed by atoms with Gasteiger partial charge >= 0.3 is 6.18 Å². The van der Waals surface area contributed by atoms with Crippen LogP contribution in [0.1, 0.15) is 29.8 Å². The highest BCUT2D eigenvalue weighted by atomic mass is 19.4. The maximum atomic E-state index is 11.9. The second-order valence-electron chi connectivity index (χ2n) is 3.87. The van der Waals surface area contributed by atoms with Crippen molar-refractivity contribution in [2.24, 2.45) is 0 Å². The van der Waals surface area contributed by atoms with Gasteiger partial charge in [-0.2, -0.15) is 13.2 Å². The van der Waals surface area contributed by atoms with E-state index in [1.807, 2.05) is 0 Å². The first-order valence-corrected chi connectivity index (χ1v) is 5.77. The number of unbranched alkanes of at least 4 members (excludes halogenated alkanes) is 1. The van der Waals surface area contributed by atoms with Gasteiger partial charge in [-0.15, -0.1) is 0 Å².